The van der Waals surface area contributed by atoms with Crippen molar-refractivity contribution in [1.29, 1.82) is 0 Å². The lowest BCUT2D eigenvalue weighted by Crippen LogP contribution is -2.54. The van der Waals surface area contributed by atoms with Gasteiger partial charge in [0.15, 0.2) is 0 Å². The minimum atomic E-state index is -0.929. The lowest BCUT2D eigenvalue weighted by atomic mass is 10.0. The van der Waals surface area contributed by atoms with Crippen LogP contribution in [0.4, 0.5) is 10.5 Å². The van der Waals surface area contributed by atoms with Crippen LogP contribution in [0.3, 0.4) is 0 Å². The zero-order valence-corrected chi connectivity index (χ0v) is 25.0. The lowest BCUT2D eigenvalue weighted by molar-refractivity contribution is -0.148. The molecule has 12 heteroatoms. The average Bonchev–Trinajstić information content (AvgIpc) is 2.92. The van der Waals surface area contributed by atoms with Crippen molar-refractivity contribution in [3.8, 4) is 0 Å². The van der Waals surface area contributed by atoms with Crippen LogP contribution >= 0.6 is 0 Å². The van der Waals surface area contributed by atoms with Gasteiger partial charge in [-0.1, -0.05) is 46.8 Å². The third kappa shape index (κ3) is 15.1. The molecule has 2 atom stereocenters. The average molecular weight is 577 g/mol. The Bertz CT molecular complexity index is 983. The van der Waals surface area contributed by atoms with E-state index in [1.807, 2.05) is 20.8 Å². The molecule has 0 aliphatic rings. The first-order valence-electron chi connectivity index (χ1n) is 14.3. The number of benzene rings is 1. The Morgan fingerprint density at radius 2 is 1.56 bits per heavy atom. The van der Waals surface area contributed by atoms with Crippen molar-refractivity contribution < 1.29 is 28.7 Å². The summed E-state index contributed by atoms with van der Waals surface area (Å²) in [6.45, 7) is 11.2. The number of nitrogens with two attached hydrogens (primary N) is 1. The van der Waals surface area contributed by atoms with Gasteiger partial charge in [0.25, 0.3) is 0 Å². The van der Waals surface area contributed by atoms with Crippen LogP contribution in [0.1, 0.15) is 72.3 Å². The van der Waals surface area contributed by atoms with E-state index in [0.717, 1.165) is 25.1 Å². The topological polar surface area (TPSA) is 181 Å². The number of rotatable bonds is 19. The fraction of sp³-hybridized carbons (Fsp3) is 0.621. The Morgan fingerprint density at radius 3 is 2.15 bits per heavy atom. The predicted molar refractivity (Wildman–Crippen MR) is 158 cm³/mol. The monoisotopic (exact) mass is 576 g/mol. The Kier molecular flexibility index (Phi) is 16.7. The van der Waals surface area contributed by atoms with E-state index >= 15 is 0 Å². The van der Waals surface area contributed by atoms with Crippen LogP contribution in [0.2, 0.25) is 0 Å². The molecule has 0 aromatic heterocycles. The molecule has 0 aliphatic carbocycles. The number of carbonyl (C=O) groups excluding carboxylic acids is 5. The molecule has 1 aromatic carbocycles. The molecule has 7 N–H and O–H groups in total. The molecule has 1 rings (SSSR count). The Balaban J connectivity index is 2.84. The van der Waals surface area contributed by atoms with E-state index in [1.165, 1.54) is 0 Å². The molecule has 230 valence electrons. The second-order valence-corrected chi connectivity index (χ2v) is 10.5. The number of nitrogens with one attached hydrogen (secondary N) is 5. The third-order valence-electron chi connectivity index (χ3n) is 6.20. The second-order valence-electron chi connectivity index (χ2n) is 10.5. The van der Waals surface area contributed by atoms with Gasteiger partial charge in [-0.15, -0.1) is 0 Å². The van der Waals surface area contributed by atoms with Gasteiger partial charge < -0.3 is 37.1 Å². The Morgan fingerprint density at radius 1 is 0.878 bits per heavy atom. The van der Waals surface area contributed by atoms with Gasteiger partial charge in [-0.2, -0.15) is 0 Å². The molecular weight excluding hydrogens is 528 g/mol. The van der Waals surface area contributed by atoms with Crippen molar-refractivity contribution in [2.45, 2.75) is 85.4 Å². The van der Waals surface area contributed by atoms with E-state index < -0.39 is 29.9 Å². The van der Waals surface area contributed by atoms with Crippen LogP contribution in [0.25, 0.3) is 0 Å². The molecule has 0 spiro atoms. The van der Waals surface area contributed by atoms with Gasteiger partial charge >= 0.3 is 12.0 Å². The highest BCUT2D eigenvalue weighted by atomic mass is 16.5. The van der Waals surface area contributed by atoms with E-state index in [-0.39, 0.29) is 43.3 Å². The molecule has 41 heavy (non-hydrogen) atoms. The maximum absolute atomic E-state index is 13.2. The highest BCUT2D eigenvalue weighted by molar-refractivity contribution is 5.98. The van der Waals surface area contributed by atoms with Gasteiger partial charge in [-0.3, -0.25) is 19.2 Å². The largest absolute Gasteiger partial charge is 0.461 e. The molecule has 12 nitrogen and oxygen atoms in total. The van der Waals surface area contributed by atoms with Gasteiger partial charge in [0.1, 0.15) is 18.7 Å². The summed E-state index contributed by atoms with van der Waals surface area (Å²) in [4.78, 5) is 61.6. The minimum Gasteiger partial charge on any atom is -0.461 e. The molecule has 0 saturated heterocycles. The first kappa shape index (κ1) is 35.4. The first-order valence-corrected chi connectivity index (χ1v) is 14.3. The number of hydrogen-bond donors (Lipinski definition) is 6. The van der Waals surface area contributed by atoms with Crippen LogP contribution in [0, 0.1) is 11.8 Å². The van der Waals surface area contributed by atoms with E-state index in [4.69, 9.17) is 10.5 Å². The number of hydrogen-bond acceptors (Lipinski definition) is 7. The maximum atomic E-state index is 13.2. The van der Waals surface area contributed by atoms with Gasteiger partial charge in [0, 0.05) is 18.7 Å². The van der Waals surface area contributed by atoms with Crippen LogP contribution in [0.5, 0.6) is 0 Å². The smallest absolute Gasteiger partial charge is 0.312 e. The number of unbranched alkanes of at least 4 members (excludes halogenated alkanes) is 1. The van der Waals surface area contributed by atoms with Crippen molar-refractivity contribution in [1.82, 2.24) is 21.3 Å². The summed E-state index contributed by atoms with van der Waals surface area (Å²) in [5, 5.41) is 14.1. The molecule has 0 heterocycles. The zero-order chi connectivity index (χ0) is 30.8. The van der Waals surface area contributed by atoms with E-state index in [0.29, 0.717) is 24.9 Å². The van der Waals surface area contributed by atoms with Crippen molar-refractivity contribution >= 4 is 35.4 Å². The number of primary amides is 1. The molecule has 0 fully saturated rings. The summed E-state index contributed by atoms with van der Waals surface area (Å²) in [6, 6.07) is 4.40. The standard InChI is InChI=1S/C29H48N6O6/c1-6-31-16-8-7-11-24(36)35-25(19(2)3)27(38)34-23(10-9-17-32-29(30)40)26(37)33-22-14-12-21(13-15-22)18-41-28(39)20(4)5/h12-15,19-20,23,25,31H,6-11,16-18H2,1-5H3,(H,33,37)(H,34,38)(H,35,36)(H3,30,32,40)/t23-,25-/m0/s1. The quantitative estimate of drug-likeness (QED) is 0.108. The summed E-state index contributed by atoms with van der Waals surface area (Å²) >= 11 is 0. The van der Waals surface area contributed by atoms with Crippen LogP contribution in [0.15, 0.2) is 24.3 Å². The van der Waals surface area contributed by atoms with Crippen molar-refractivity contribution in [3.05, 3.63) is 29.8 Å². The molecular formula is C29H48N6O6. The third-order valence-corrected chi connectivity index (χ3v) is 6.20. The van der Waals surface area contributed by atoms with E-state index in [9.17, 15) is 24.0 Å². The van der Waals surface area contributed by atoms with E-state index in [2.05, 4.69) is 26.6 Å². The number of urea groups is 1. The fourth-order valence-corrected chi connectivity index (χ4v) is 3.78. The summed E-state index contributed by atoms with van der Waals surface area (Å²) in [6.07, 6.45) is 2.46. The molecule has 5 amide bonds. The SMILES string of the molecule is CCNCCCCC(=O)N[C@H](C(=O)N[C@@H](CCCNC(N)=O)C(=O)Nc1ccc(COC(=O)C(C)C)cc1)C(C)C. The molecule has 0 radical (unpaired) electrons. The van der Waals surface area contributed by atoms with Gasteiger partial charge in [0.2, 0.25) is 17.7 Å². The molecule has 0 saturated carbocycles. The van der Waals surface area contributed by atoms with Crippen LogP contribution in [-0.4, -0.2) is 61.4 Å². The van der Waals surface area contributed by atoms with Crippen molar-refractivity contribution in [3.63, 3.8) is 0 Å². The fourth-order valence-electron chi connectivity index (χ4n) is 3.78. The zero-order valence-electron chi connectivity index (χ0n) is 25.0. The van der Waals surface area contributed by atoms with Crippen LogP contribution in [-0.2, 0) is 30.5 Å². The maximum Gasteiger partial charge on any atom is 0.312 e. The summed E-state index contributed by atoms with van der Waals surface area (Å²) in [7, 11) is 0. The molecule has 0 aliphatic heterocycles. The second kappa shape index (κ2) is 19.4. The van der Waals surface area contributed by atoms with Crippen molar-refractivity contribution in [2.75, 3.05) is 25.0 Å². The van der Waals surface area contributed by atoms with Gasteiger partial charge in [-0.25, -0.2) is 4.79 Å². The Labute approximate surface area is 243 Å². The number of esters is 1. The predicted octanol–water partition coefficient (Wildman–Crippen LogP) is 2.18. The van der Waals surface area contributed by atoms with Crippen molar-refractivity contribution in [2.24, 2.45) is 17.6 Å². The molecule has 1 aromatic rings. The number of ether oxygens (including phenoxy) is 1. The molecule has 0 unspecified atom stereocenters. The first-order chi connectivity index (χ1) is 19.4. The number of anilines is 1. The summed E-state index contributed by atoms with van der Waals surface area (Å²) in [5.41, 5.74) is 6.38. The Hall–Kier alpha value is -3.67. The molecule has 0 bridgehead atoms. The highest BCUT2D eigenvalue weighted by Gasteiger charge is 2.28. The summed E-state index contributed by atoms with van der Waals surface area (Å²) < 4.78 is 5.23. The number of amides is 5. The van der Waals surface area contributed by atoms with Crippen LogP contribution < -0.4 is 32.3 Å². The summed E-state index contributed by atoms with van der Waals surface area (Å²) in [5.74, 6) is -1.87. The minimum absolute atomic E-state index is 0.120. The number of carbonyl (C=O) groups is 5. The lowest BCUT2D eigenvalue weighted by Gasteiger charge is -2.25. The highest BCUT2D eigenvalue weighted by Crippen LogP contribution is 2.13. The van der Waals surface area contributed by atoms with E-state index in [1.54, 1.807) is 38.1 Å². The van der Waals surface area contributed by atoms with Gasteiger partial charge in [0.05, 0.1) is 5.92 Å². The normalized spacial score (nSPS) is 12.4. The van der Waals surface area contributed by atoms with Gasteiger partial charge in [-0.05, 0) is 62.4 Å².